The van der Waals surface area contributed by atoms with Gasteiger partial charge in [0, 0.05) is 18.0 Å². The fourth-order valence-electron chi connectivity index (χ4n) is 1.77. The molecule has 0 aromatic heterocycles. The second-order valence-electron chi connectivity index (χ2n) is 3.66. The van der Waals surface area contributed by atoms with E-state index >= 15 is 0 Å². The second kappa shape index (κ2) is 4.23. The van der Waals surface area contributed by atoms with Crippen LogP contribution in [-0.4, -0.2) is 23.9 Å². The van der Waals surface area contributed by atoms with Gasteiger partial charge < -0.3 is 4.90 Å². The number of amides is 1. The number of rotatable bonds is 1. The molecule has 4 heteroatoms. The Kier molecular flexibility index (Phi) is 2.95. The van der Waals surface area contributed by atoms with Crippen LogP contribution in [0.2, 0.25) is 0 Å². The highest BCUT2D eigenvalue weighted by molar-refractivity contribution is 7.80. The molecule has 15 heavy (non-hydrogen) atoms. The van der Waals surface area contributed by atoms with Crippen LogP contribution in [0, 0.1) is 5.82 Å². The third-order valence-corrected chi connectivity index (χ3v) is 2.85. The van der Waals surface area contributed by atoms with Crippen LogP contribution in [0.1, 0.15) is 23.2 Å². The minimum Gasteiger partial charge on any atom is -0.339 e. The minimum atomic E-state index is -0.468. The molecule has 1 saturated heterocycles. The van der Waals surface area contributed by atoms with Crippen molar-refractivity contribution in [3.8, 4) is 0 Å². The molecule has 0 atom stereocenters. The second-order valence-corrected chi connectivity index (χ2v) is 4.18. The molecular formula is C11H12FNOS. The van der Waals surface area contributed by atoms with Crippen molar-refractivity contribution in [2.75, 3.05) is 13.1 Å². The number of hydrogen-bond acceptors (Lipinski definition) is 2. The first-order valence-electron chi connectivity index (χ1n) is 4.96. The third-order valence-electron chi connectivity index (χ3n) is 2.57. The van der Waals surface area contributed by atoms with Crippen LogP contribution < -0.4 is 0 Å². The number of carbonyl (C=O) groups is 1. The number of carbonyl (C=O) groups excluding carboxylic acids is 1. The molecule has 0 spiro atoms. The highest BCUT2D eigenvalue weighted by atomic mass is 32.1. The summed E-state index contributed by atoms with van der Waals surface area (Å²) in [5.74, 6) is -0.689. The Hall–Kier alpha value is -1.03. The Labute approximate surface area is 93.5 Å². The van der Waals surface area contributed by atoms with Crippen molar-refractivity contribution < 1.29 is 9.18 Å². The fraction of sp³-hybridized carbons (Fsp3) is 0.364. The topological polar surface area (TPSA) is 20.3 Å². The largest absolute Gasteiger partial charge is 0.339 e. The van der Waals surface area contributed by atoms with Crippen LogP contribution in [0.4, 0.5) is 4.39 Å². The van der Waals surface area contributed by atoms with Gasteiger partial charge in [0.15, 0.2) is 0 Å². The van der Waals surface area contributed by atoms with Crippen molar-refractivity contribution in [3.63, 3.8) is 0 Å². The molecule has 0 N–H and O–H groups in total. The summed E-state index contributed by atoms with van der Waals surface area (Å²) in [6, 6.07) is 4.31. The van der Waals surface area contributed by atoms with E-state index in [0.717, 1.165) is 25.9 Å². The van der Waals surface area contributed by atoms with Crippen LogP contribution in [0.5, 0.6) is 0 Å². The predicted molar refractivity (Wildman–Crippen MR) is 58.8 cm³/mol. The Morgan fingerprint density at radius 3 is 2.67 bits per heavy atom. The molecule has 1 aromatic rings. The summed E-state index contributed by atoms with van der Waals surface area (Å²) < 4.78 is 13.4. The Morgan fingerprint density at radius 1 is 1.33 bits per heavy atom. The van der Waals surface area contributed by atoms with Crippen molar-refractivity contribution in [1.29, 1.82) is 0 Å². The van der Waals surface area contributed by atoms with Crippen molar-refractivity contribution in [1.82, 2.24) is 4.90 Å². The number of halogens is 1. The van der Waals surface area contributed by atoms with Crippen molar-refractivity contribution in [2.45, 2.75) is 17.7 Å². The molecule has 1 aliphatic heterocycles. The lowest BCUT2D eigenvalue weighted by molar-refractivity contribution is 0.0788. The average Bonchev–Trinajstić information content (AvgIpc) is 2.74. The molecule has 1 fully saturated rings. The molecule has 0 unspecified atom stereocenters. The van der Waals surface area contributed by atoms with Gasteiger partial charge in [0.2, 0.25) is 0 Å². The molecule has 80 valence electrons. The quantitative estimate of drug-likeness (QED) is 0.727. The molecular weight excluding hydrogens is 213 g/mol. The molecule has 0 radical (unpaired) electrons. The van der Waals surface area contributed by atoms with Gasteiger partial charge in [-0.1, -0.05) is 0 Å². The van der Waals surface area contributed by atoms with Crippen LogP contribution >= 0.6 is 12.6 Å². The van der Waals surface area contributed by atoms with Crippen molar-refractivity contribution in [3.05, 3.63) is 29.6 Å². The SMILES string of the molecule is O=C(c1cc(S)ccc1F)N1CCCC1. The van der Waals surface area contributed by atoms with E-state index in [9.17, 15) is 9.18 Å². The van der Waals surface area contributed by atoms with E-state index in [0.29, 0.717) is 4.90 Å². The Balaban J connectivity index is 2.27. The lowest BCUT2D eigenvalue weighted by atomic mass is 10.2. The van der Waals surface area contributed by atoms with Gasteiger partial charge in [-0.3, -0.25) is 4.79 Å². The maximum Gasteiger partial charge on any atom is 0.256 e. The van der Waals surface area contributed by atoms with Gasteiger partial charge in [-0.15, -0.1) is 12.6 Å². The van der Waals surface area contributed by atoms with Crippen LogP contribution in [-0.2, 0) is 0 Å². The highest BCUT2D eigenvalue weighted by Crippen LogP contribution is 2.18. The first-order chi connectivity index (χ1) is 7.18. The maximum atomic E-state index is 13.4. The van der Waals surface area contributed by atoms with E-state index in [2.05, 4.69) is 12.6 Å². The van der Waals surface area contributed by atoms with Gasteiger partial charge in [-0.2, -0.15) is 0 Å². The normalized spacial score (nSPS) is 15.7. The summed E-state index contributed by atoms with van der Waals surface area (Å²) in [6.07, 6.45) is 2.02. The molecule has 1 heterocycles. The van der Waals surface area contributed by atoms with Crippen LogP contribution in [0.25, 0.3) is 0 Å². The summed E-state index contributed by atoms with van der Waals surface area (Å²) in [5.41, 5.74) is 0.129. The molecule has 2 rings (SSSR count). The first kappa shape index (κ1) is 10.5. The van der Waals surface area contributed by atoms with E-state index in [-0.39, 0.29) is 11.5 Å². The van der Waals surface area contributed by atoms with Gasteiger partial charge in [0.25, 0.3) is 5.91 Å². The number of likely N-dealkylation sites (tertiary alicyclic amines) is 1. The van der Waals surface area contributed by atoms with E-state index in [4.69, 9.17) is 0 Å². The summed E-state index contributed by atoms with van der Waals surface area (Å²) in [7, 11) is 0. The number of benzene rings is 1. The molecule has 0 saturated carbocycles. The summed E-state index contributed by atoms with van der Waals surface area (Å²) >= 11 is 4.10. The van der Waals surface area contributed by atoms with Crippen molar-refractivity contribution in [2.24, 2.45) is 0 Å². The standard InChI is InChI=1S/C11H12FNOS/c12-10-4-3-8(15)7-9(10)11(14)13-5-1-2-6-13/h3-4,7,15H,1-2,5-6H2. The lowest BCUT2D eigenvalue weighted by Crippen LogP contribution is -2.28. The predicted octanol–water partition coefficient (Wildman–Crippen LogP) is 2.35. The molecule has 0 aliphatic carbocycles. The van der Waals surface area contributed by atoms with Crippen LogP contribution in [0.15, 0.2) is 23.1 Å². The Bertz CT molecular complexity index is 388. The lowest BCUT2D eigenvalue weighted by Gasteiger charge is -2.15. The smallest absolute Gasteiger partial charge is 0.256 e. The third kappa shape index (κ3) is 2.15. The minimum absolute atomic E-state index is 0.129. The van der Waals surface area contributed by atoms with Gasteiger partial charge in [0.1, 0.15) is 5.82 Å². The number of hydrogen-bond donors (Lipinski definition) is 1. The summed E-state index contributed by atoms with van der Waals surface area (Å²) in [5, 5.41) is 0. The van der Waals surface area contributed by atoms with Gasteiger partial charge in [-0.25, -0.2) is 4.39 Å². The van der Waals surface area contributed by atoms with E-state index < -0.39 is 5.82 Å². The van der Waals surface area contributed by atoms with Crippen molar-refractivity contribution >= 4 is 18.5 Å². The van der Waals surface area contributed by atoms with E-state index in [1.165, 1.54) is 12.1 Å². The number of thiol groups is 1. The molecule has 1 aliphatic rings. The molecule has 2 nitrogen and oxygen atoms in total. The maximum absolute atomic E-state index is 13.4. The summed E-state index contributed by atoms with van der Waals surface area (Å²) in [4.78, 5) is 14.2. The average molecular weight is 225 g/mol. The molecule has 1 aromatic carbocycles. The first-order valence-corrected chi connectivity index (χ1v) is 5.41. The van der Waals surface area contributed by atoms with E-state index in [1.807, 2.05) is 0 Å². The zero-order valence-electron chi connectivity index (χ0n) is 8.24. The molecule has 0 bridgehead atoms. The monoisotopic (exact) mass is 225 g/mol. The zero-order valence-corrected chi connectivity index (χ0v) is 9.14. The fourth-order valence-corrected chi connectivity index (χ4v) is 1.97. The van der Waals surface area contributed by atoms with E-state index in [1.54, 1.807) is 11.0 Å². The number of nitrogens with zero attached hydrogens (tertiary/aromatic N) is 1. The van der Waals surface area contributed by atoms with Gasteiger partial charge >= 0.3 is 0 Å². The van der Waals surface area contributed by atoms with Gasteiger partial charge in [-0.05, 0) is 31.0 Å². The Morgan fingerprint density at radius 2 is 2.00 bits per heavy atom. The highest BCUT2D eigenvalue weighted by Gasteiger charge is 2.21. The van der Waals surface area contributed by atoms with Crippen LogP contribution in [0.3, 0.4) is 0 Å². The zero-order chi connectivity index (χ0) is 10.8. The molecule has 1 amide bonds. The van der Waals surface area contributed by atoms with Gasteiger partial charge in [0.05, 0.1) is 5.56 Å². The summed E-state index contributed by atoms with van der Waals surface area (Å²) in [6.45, 7) is 1.46.